The molecule has 0 rings (SSSR count). The number of nitrogens with one attached hydrogen (secondary N) is 1. The fraction of sp³-hybridized carbons (Fsp3) is 0.750. The number of carbonyl (C=O) groups excluding carboxylic acids is 1. The summed E-state index contributed by atoms with van der Waals surface area (Å²) < 4.78 is 4.00. The second-order valence-corrected chi connectivity index (χ2v) is 1.49. The van der Waals surface area contributed by atoms with Gasteiger partial charge in [-0.05, 0) is 6.42 Å². The molecule has 1 amide bonds. The summed E-state index contributed by atoms with van der Waals surface area (Å²) in [4.78, 5) is 10.2. The molecule has 0 aliphatic rings. The fourth-order valence-corrected chi connectivity index (χ4v) is 0.324. The normalized spacial score (nSPS) is 8.25. The van der Waals surface area contributed by atoms with Crippen molar-refractivity contribution >= 4 is 19.0 Å². The maximum absolute atomic E-state index is 10.2. The van der Waals surface area contributed by atoms with Crippen molar-refractivity contribution in [1.29, 1.82) is 0 Å². The van der Waals surface area contributed by atoms with E-state index in [2.05, 4.69) is 22.4 Å². The first-order valence-electron chi connectivity index (χ1n) is 2.40. The van der Waals surface area contributed by atoms with E-state index in [9.17, 15) is 4.79 Å². The maximum atomic E-state index is 10.2. The van der Waals surface area contributed by atoms with Crippen LogP contribution in [0.3, 0.4) is 0 Å². The van der Waals surface area contributed by atoms with Gasteiger partial charge in [-0.3, -0.25) is 0 Å². The van der Waals surface area contributed by atoms with E-state index in [1.165, 1.54) is 0 Å². The highest BCUT2D eigenvalue weighted by Gasteiger charge is 1.93. The summed E-state index contributed by atoms with van der Waals surface area (Å²) >= 11 is 3.28. The second kappa shape index (κ2) is 4.77. The molecule has 0 aliphatic heterocycles. The molecule has 0 unspecified atom stereocenters. The van der Waals surface area contributed by atoms with E-state index in [-0.39, 0.29) is 0 Å². The van der Waals surface area contributed by atoms with Gasteiger partial charge in [-0.15, -0.1) is 0 Å². The molecule has 1 N–H and O–H groups in total. The molecule has 0 fully saturated rings. The van der Waals surface area contributed by atoms with Crippen LogP contribution in [0.4, 0.5) is 4.79 Å². The topological polar surface area (TPSA) is 38.3 Å². The standard InChI is InChI=1S/C4H9NO2S/c1-2-3-5-4(6)7-8/h8H,2-3H2,1H3,(H,5,6). The molecule has 4 heteroatoms. The highest BCUT2D eigenvalue weighted by atomic mass is 32.1. The van der Waals surface area contributed by atoms with Crippen molar-refractivity contribution in [2.45, 2.75) is 13.3 Å². The number of amides is 1. The Morgan fingerprint density at radius 1 is 1.88 bits per heavy atom. The molecule has 3 nitrogen and oxygen atoms in total. The summed E-state index contributed by atoms with van der Waals surface area (Å²) in [5.41, 5.74) is 0. The van der Waals surface area contributed by atoms with E-state index >= 15 is 0 Å². The van der Waals surface area contributed by atoms with E-state index in [0.29, 0.717) is 6.54 Å². The minimum Gasteiger partial charge on any atom is -0.378 e. The van der Waals surface area contributed by atoms with Crippen LogP contribution in [0, 0.1) is 0 Å². The molecule has 0 saturated heterocycles. The molecule has 8 heavy (non-hydrogen) atoms. The number of hydrogen-bond donors (Lipinski definition) is 2. The zero-order chi connectivity index (χ0) is 6.41. The van der Waals surface area contributed by atoms with Crippen LogP contribution in [0.1, 0.15) is 13.3 Å². The van der Waals surface area contributed by atoms with Crippen molar-refractivity contribution in [2.75, 3.05) is 6.54 Å². The fourth-order valence-electron chi connectivity index (χ4n) is 0.259. The van der Waals surface area contributed by atoms with Crippen LogP contribution in [-0.4, -0.2) is 12.6 Å². The van der Waals surface area contributed by atoms with Gasteiger partial charge >= 0.3 is 6.09 Å². The molecule has 0 aromatic heterocycles. The predicted molar refractivity (Wildman–Crippen MR) is 33.8 cm³/mol. The Bertz CT molecular complexity index is 76.4. The lowest BCUT2D eigenvalue weighted by atomic mass is 10.5. The Labute approximate surface area is 54.0 Å². The molecule has 0 heterocycles. The quantitative estimate of drug-likeness (QED) is 0.437. The van der Waals surface area contributed by atoms with Gasteiger partial charge in [0, 0.05) is 19.5 Å². The molecular weight excluding hydrogens is 126 g/mol. The van der Waals surface area contributed by atoms with Crippen molar-refractivity contribution in [3.8, 4) is 0 Å². The van der Waals surface area contributed by atoms with Gasteiger partial charge in [0.2, 0.25) is 0 Å². The Morgan fingerprint density at radius 3 is 2.88 bits per heavy atom. The lowest BCUT2D eigenvalue weighted by molar-refractivity contribution is 0.209. The maximum Gasteiger partial charge on any atom is 0.419 e. The molecule has 0 aromatic rings. The zero-order valence-electron chi connectivity index (χ0n) is 4.68. The first kappa shape index (κ1) is 7.62. The van der Waals surface area contributed by atoms with Gasteiger partial charge in [-0.2, -0.15) is 0 Å². The third-order valence-electron chi connectivity index (χ3n) is 0.602. The van der Waals surface area contributed by atoms with Crippen molar-refractivity contribution in [3.63, 3.8) is 0 Å². The second-order valence-electron chi connectivity index (χ2n) is 1.31. The SMILES string of the molecule is CCCNC(=O)OS. The van der Waals surface area contributed by atoms with Gasteiger partial charge in [-0.1, -0.05) is 6.92 Å². The van der Waals surface area contributed by atoms with Crippen molar-refractivity contribution in [1.82, 2.24) is 5.32 Å². The van der Waals surface area contributed by atoms with E-state index in [1.807, 2.05) is 6.92 Å². The molecule has 0 radical (unpaired) electrons. The van der Waals surface area contributed by atoms with Gasteiger partial charge in [-0.25, -0.2) is 4.79 Å². The molecule has 0 spiro atoms. The average molecular weight is 135 g/mol. The first-order valence-corrected chi connectivity index (χ1v) is 2.77. The summed E-state index contributed by atoms with van der Waals surface area (Å²) in [7, 11) is 0. The lowest BCUT2D eigenvalue weighted by Crippen LogP contribution is -2.21. The Kier molecular flexibility index (Phi) is 4.54. The first-order chi connectivity index (χ1) is 3.81. The zero-order valence-corrected chi connectivity index (χ0v) is 5.57. The molecular formula is C4H9NO2S. The molecule has 0 aliphatic carbocycles. The summed E-state index contributed by atoms with van der Waals surface area (Å²) in [6.45, 7) is 2.60. The van der Waals surface area contributed by atoms with Crippen molar-refractivity contribution in [2.24, 2.45) is 0 Å². The number of thiol groups is 1. The average Bonchev–Trinajstić information content (AvgIpc) is 1.83. The monoisotopic (exact) mass is 135 g/mol. The summed E-state index contributed by atoms with van der Waals surface area (Å²) in [6, 6.07) is 0. The van der Waals surface area contributed by atoms with Crippen LogP contribution in [0.15, 0.2) is 0 Å². The number of hydrogen-bond acceptors (Lipinski definition) is 3. The van der Waals surface area contributed by atoms with Crippen LogP contribution >= 0.6 is 12.9 Å². The molecule has 0 saturated carbocycles. The van der Waals surface area contributed by atoms with E-state index in [4.69, 9.17) is 0 Å². The van der Waals surface area contributed by atoms with Crippen LogP contribution in [0.25, 0.3) is 0 Å². The van der Waals surface area contributed by atoms with Gasteiger partial charge in [0.15, 0.2) is 0 Å². The molecule has 0 bridgehead atoms. The summed E-state index contributed by atoms with van der Waals surface area (Å²) in [6.07, 6.45) is 0.415. The highest BCUT2D eigenvalue weighted by molar-refractivity contribution is 7.75. The van der Waals surface area contributed by atoms with Gasteiger partial charge in [0.1, 0.15) is 0 Å². The minimum atomic E-state index is -0.491. The lowest BCUT2D eigenvalue weighted by Gasteiger charge is -1.96. The van der Waals surface area contributed by atoms with E-state index < -0.39 is 6.09 Å². The third kappa shape index (κ3) is 3.80. The van der Waals surface area contributed by atoms with E-state index in [0.717, 1.165) is 6.42 Å². The van der Waals surface area contributed by atoms with Crippen LogP contribution < -0.4 is 5.32 Å². The Hall–Kier alpha value is -0.380. The molecule has 0 atom stereocenters. The largest absolute Gasteiger partial charge is 0.419 e. The molecule has 0 aromatic carbocycles. The van der Waals surface area contributed by atoms with E-state index in [1.54, 1.807) is 0 Å². The smallest absolute Gasteiger partial charge is 0.378 e. The Morgan fingerprint density at radius 2 is 2.50 bits per heavy atom. The third-order valence-corrected chi connectivity index (χ3v) is 0.768. The number of carbonyl (C=O) groups is 1. The van der Waals surface area contributed by atoms with Crippen LogP contribution in [-0.2, 0) is 4.18 Å². The predicted octanol–water partition coefficient (Wildman–Crippen LogP) is 0.967. The highest BCUT2D eigenvalue weighted by Crippen LogP contribution is 1.79. The number of rotatable bonds is 2. The van der Waals surface area contributed by atoms with Crippen LogP contribution in [0.5, 0.6) is 0 Å². The van der Waals surface area contributed by atoms with Gasteiger partial charge in [0.25, 0.3) is 0 Å². The van der Waals surface area contributed by atoms with Gasteiger partial charge in [0.05, 0.1) is 0 Å². The van der Waals surface area contributed by atoms with Gasteiger partial charge < -0.3 is 9.50 Å². The minimum absolute atomic E-state index is 0.491. The Balaban J connectivity index is 2.99. The summed E-state index contributed by atoms with van der Waals surface area (Å²) in [5.74, 6) is 0. The van der Waals surface area contributed by atoms with Crippen molar-refractivity contribution in [3.05, 3.63) is 0 Å². The van der Waals surface area contributed by atoms with Crippen LogP contribution in [0.2, 0.25) is 0 Å². The van der Waals surface area contributed by atoms with Crippen molar-refractivity contribution < 1.29 is 8.98 Å². The molecule has 48 valence electrons. The summed E-state index contributed by atoms with van der Waals surface area (Å²) in [5, 5.41) is 2.44.